The lowest BCUT2D eigenvalue weighted by atomic mass is 10.1. The maximum absolute atomic E-state index is 13.0. The molecule has 2 aromatic carbocycles. The Morgan fingerprint density at radius 1 is 0.960 bits per heavy atom. The van der Waals surface area contributed by atoms with Crippen LogP contribution in [0.1, 0.15) is 33.5 Å². The smallest absolute Gasteiger partial charge is 0.253 e. The van der Waals surface area contributed by atoms with Crippen molar-refractivity contribution in [3.05, 3.63) is 70.5 Å². The first-order chi connectivity index (χ1) is 12.0. The minimum atomic E-state index is -0.313. The Morgan fingerprint density at radius 2 is 1.72 bits per heavy atom. The van der Waals surface area contributed by atoms with Crippen molar-refractivity contribution in [2.75, 3.05) is 26.2 Å². The minimum absolute atomic E-state index is 0.00645. The number of carbonyl (C=O) groups is 1. The molecule has 1 saturated heterocycles. The van der Waals surface area contributed by atoms with E-state index in [1.165, 1.54) is 28.8 Å². The standard InChI is InChI=1S/C21H25FN2O/c1-16-4-5-18(14-17(16)2)15-23-10-3-11-24(13-12-23)21(25)19-6-8-20(22)9-7-19/h4-9,14H,3,10-13,15H2,1-2H3. The van der Waals surface area contributed by atoms with Crippen LogP contribution in [-0.2, 0) is 6.54 Å². The van der Waals surface area contributed by atoms with Gasteiger partial charge in [-0.15, -0.1) is 0 Å². The molecule has 0 N–H and O–H groups in total. The highest BCUT2D eigenvalue weighted by molar-refractivity contribution is 5.94. The van der Waals surface area contributed by atoms with E-state index in [1.807, 2.05) is 4.90 Å². The molecular formula is C21H25FN2O. The summed E-state index contributed by atoms with van der Waals surface area (Å²) in [5, 5.41) is 0. The number of hydrogen-bond donors (Lipinski definition) is 0. The van der Waals surface area contributed by atoms with Gasteiger partial charge in [0.15, 0.2) is 0 Å². The van der Waals surface area contributed by atoms with Crippen LogP contribution in [0.4, 0.5) is 4.39 Å². The predicted molar refractivity (Wildman–Crippen MR) is 98.1 cm³/mol. The molecule has 25 heavy (non-hydrogen) atoms. The lowest BCUT2D eigenvalue weighted by molar-refractivity contribution is 0.0761. The summed E-state index contributed by atoms with van der Waals surface area (Å²) in [5.74, 6) is -0.319. The number of amides is 1. The van der Waals surface area contributed by atoms with Gasteiger partial charge in [0.1, 0.15) is 5.82 Å². The van der Waals surface area contributed by atoms with Crippen LogP contribution < -0.4 is 0 Å². The SMILES string of the molecule is Cc1ccc(CN2CCCN(C(=O)c3ccc(F)cc3)CC2)cc1C. The molecule has 3 rings (SSSR count). The zero-order valence-electron chi connectivity index (χ0n) is 15.0. The molecule has 1 aliphatic heterocycles. The van der Waals surface area contributed by atoms with Crippen LogP contribution in [0.15, 0.2) is 42.5 Å². The molecule has 0 saturated carbocycles. The molecule has 4 heteroatoms. The van der Waals surface area contributed by atoms with E-state index in [9.17, 15) is 9.18 Å². The van der Waals surface area contributed by atoms with E-state index in [4.69, 9.17) is 0 Å². The van der Waals surface area contributed by atoms with Crippen molar-refractivity contribution in [2.45, 2.75) is 26.8 Å². The van der Waals surface area contributed by atoms with Crippen molar-refractivity contribution in [1.29, 1.82) is 0 Å². The summed E-state index contributed by atoms with van der Waals surface area (Å²) in [7, 11) is 0. The molecule has 3 nitrogen and oxygen atoms in total. The van der Waals surface area contributed by atoms with Gasteiger partial charge in [-0.3, -0.25) is 9.69 Å². The first kappa shape index (κ1) is 17.6. The van der Waals surface area contributed by atoms with Gasteiger partial charge in [-0.1, -0.05) is 18.2 Å². The van der Waals surface area contributed by atoms with Crippen LogP contribution in [0.2, 0.25) is 0 Å². The lowest BCUT2D eigenvalue weighted by Crippen LogP contribution is -2.35. The Morgan fingerprint density at radius 3 is 2.44 bits per heavy atom. The Bertz CT molecular complexity index is 742. The largest absolute Gasteiger partial charge is 0.337 e. The van der Waals surface area contributed by atoms with Gasteiger partial charge in [0.2, 0.25) is 0 Å². The van der Waals surface area contributed by atoms with Crippen LogP contribution in [0.5, 0.6) is 0 Å². The van der Waals surface area contributed by atoms with Crippen molar-refractivity contribution in [2.24, 2.45) is 0 Å². The third-order valence-corrected chi connectivity index (χ3v) is 4.94. The molecule has 0 aliphatic carbocycles. The third kappa shape index (κ3) is 4.45. The molecule has 0 bridgehead atoms. The van der Waals surface area contributed by atoms with Crippen LogP contribution in [-0.4, -0.2) is 41.9 Å². The van der Waals surface area contributed by atoms with E-state index in [2.05, 4.69) is 36.9 Å². The van der Waals surface area contributed by atoms with E-state index in [1.54, 1.807) is 12.1 Å². The zero-order chi connectivity index (χ0) is 17.8. The number of hydrogen-bond acceptors (Lipinski definition) is 2. The summed E-state index contributed by atoms with van der Waals surface area (Å²) in [6, 6.07) is 12.4. The van der Waals surface area contributed by atoms with Crippen molar-refractivity contribution in [1.82, 2.24) is 9.80 Å². The molecule has 0 unspecified atom stereocenters. The van der Waals surface area contributed by atoms with Gasteiger partial charge < -0.3 is 4.90 Å². The fraction of sp³-hybridized carbons (Fsp3) is 0.381. The molecule has 1 heterocycles. The normalized spacial score (nSPS) is 15.9. The van der Waals surface area contributed by atoms with Crippen molar-refractivity contribution < 1.29 is 9.18 Å². The molecule has 0 spiro atoms. The molecule has 1 amide bonds. The molecule has 0 aromatic heterocycles. The second-order valence-electron chi connectivity index (χ2n) is 6.85. The first-order valence-electron chi connectivity index (χ1n) is 8.86. The lowest BCUT2D eigenvalue weighted by Gasteiger charge is -2.22. The summed E-state index contributed by atoms with van der Waals surface area (Å²) in [5.41, 5.74) is 4.52. The summed E-state index contributed by atoms with van der Waals surface area (Å²) < 4.78 is 13.0. The number of rotatable bonds is 3. The van der Waals surface area contributed by atoms with Gasteiger partial charge in [0, 0.05) is 38.3 Å². The van der Waals surface area contributed by atoms with Gasteiger partial charge in [0.25, 0.3) is 5.91 Å². The van der Waals surface area contributed by atoms with Gasteiger partial charge in [-0.2, -0.15) is 0 Å². The van der Waals surface area contributed by atoms with Gasteiger partial charge in [0.05, 0.1) is 0 Å². The van der Waals surface area contributed by atoms with Crippen LogP contribution >= 0.6 is 0 Å². The third-order valence-electron chi connectivity index (χ3n) is 4.94. The number of benzene rings is 2. The molecule has 0 radical (unpaired) electrons. The van der Waals surface area contributed by atoms with Gasteiger partial charge in [-0.25, -0.2) is 4.39 Å². The van der Waals surface area contributed by atoms with E-state index in [0.29, 0.717) is 12.1 Å². The van der Waals surface area contributed by atoms with Crippen LogP contribution in [0.25, 0.3) is 0 Å². The first-order valence-corrected chi connectivity index (χ1v) is 8.86. The molecule has 0 atom stereocenters. The molecule has 132 valence electrons. The van der Waals surface area contributed by atoms with Crippen LogP contribution in [0.3, 0.4) is 0 Å². The summed E-state index contributed by atoms with van der Waals surface area (Å²) >= 11 is 0. The Hall–Kier alpha value is -2.20. The maximum atomic E-state index is 13.0. The van der Waals surface area contributed by atoms with Crippen molar-refractivity contribution >= 4 is 5.91 Å². The average molecular weight is 340 g/mol. The highest BCUT2D eigenvalue weighted by atomic mass is 19.1. The quantitative estimate of drug-likeness (QED) is 0.849. The Labute approximate surface area is 149 Å². The second-order valence-corrected chi connectivity index (χ2v) is 6.85. The average Bonchev–Trinajstić information content (AvgIpc) is 2.84. The highest BCUT2D eigenvalue weighted by Crippen LogP contribution is 2.15. The second kappa shape index (κ2) is 7.79. The van der Waals surface area contributed by atoms with E-state index in [-0.39, 0.29) is 11.7 Å². The summed E-state index contributed by atoms with van der Waals surface area (Å²) in [4.78, 5) is 16.9. The summed E-state index contributed by atoms with van der Waals surface area (Å²) in [6.07, 6.45) is 0.956. The Kier molecular flexibility index (Phi) is 5.49. The topological polar surface area (TPSA) is 23.6 Å². The zero-order valence-corrected chi connectivity index (χ0v) is 15.0. The number of nitrogens with zero attached hydrogens (tertiary/aromatic N) is 2. The monoisotopic (exact) mass is 340 g/mol. The Balaban J connectivity index is 1.60. The fourth-order valence-electron chi connectivity index (χ4n) is 3.27. The number of aryl methyl sites for hydroxylation is 2. The molecule has 2 aromatic rings. The van der Waals surface area contributed by atoms with E-state index in [0.717, 1.165) is 32.6 Å². The molecular weight excluding hydrogens is 315 g/mol. The van der Waals surface area contributed by atoms with Crippen molar-refractivity contribution in [3.63, 3.8) is 0 Å². The highest BCUT2D eigenvalue weighted by Gasteiger charge is 2.20. The summed E-state index contributed by atoms with van der Waals surface area (Å²) in [6.45, 7) is 8.49. The fourth-order valence-corrected chi connectivity index (χ4v) is 3.27. The number of carbonyl (C=O) groups excluding carboxylic acids is 1. The minimum Gasteiger partial charge on any atom is -0.337 e. The van der Waals surface area contributed by atoms with E-state index >= 15 is 0 Å². The predicted octanol–water partition coefficient (Wildman–Crippen LogP) is 3.79. The molecule has 1 fully saturated rings. The van der Waals surface area contributed by atoms with Crippen LogP contribution in [0, 0.1) is 19.7 Å². The maximum Gasteiger partial charge on any atom is 0.253 e. The van der Waals surface area contributed by atoms with Gasteiger partial charge >= 0.3 is 0 Å². The van der Waals surface area contributed by atoms with E-state index < -0.39 is 0 Å². The molecule has 1 aliphatic rings. The number of halogens is 1. The van der Waals surface area contributed by atoms with Gasteiger partial charge in [-0.05, 0) is 61.2 Å². The van der Waals surface area contributed by atoms with Crippen molar-refractivity contribution in [3.8, 4) is 0 Å².